The van der Waals surface area contributed by atoms with Crippen molar-refractivity contribution in [2.24, 2.45) is 0 Å². The number of ether oxygens (including phenoxy) is 1. The monoisotopic (exact) mass is 430 g/mol. The lowest BCUT2D eigenvalue weighted by Gasteiger charge is -2.28. The van der Waals surface area contributed by atoms with Gasteiger partial charge < -0.3 is 23.9 Å². The van der Waals surface area contributed by atoms with Crippen LogP contribution in [0, 0.1) is 0 Å². The van der Waals surface area contributed by atoms with Crippen LogP contribution in [-0.2, 0) is 18.3 Å². The molecular weight excluding hydrogens is 408 g/mol. The van der Waals surface area contributed by atoms with E-state index in [-0.39, 0.29) is 13.2 Å². The van der Waals surface area contributed by atoms with Gasteiger partial charge in [0, 0.05) is 12.3 Å². The molecule has 1 aliphatic heterocycles. The number of hydrogen-bond acceptors (Lipinski definition) is 7. The molecule has 1 aliphatic rings. The highest BCUT2D eigenvalue weighted by atomic mass is 31.2. The number of alkyl halides is 3. The summed E-state index contributed by atoms with van der Waals surface area (Å²) in [5.74, 6) is 0. The summed E-state index contributed by atoms with van der Waals surface area (Å²) in [5.41, 5.74) is -8.88. The Kier molecular flexibility index (Phi) is 6.61. The topological polar surface area (TPSA) is 120 Å². The first-order valence-corrected chi connectivity index (χ1v) is 10.0. The normalized spacial score (nSPS) is 28.6. The number of aliphatic hydroxyl groups is 1. The lowest BCUT2D eigenvalue weighted by Crippen LogP contribution is -2.46. The summed E-state index contributed by atoms with van der Waals surface area (Å²) in [6.07, 6.45) is -6.41. The van der Waals surface area contributed by atoms with Crippen LogP contribution in [0.3, 0.4) is 0 Å². The zero-order valence-electron chi connectivity index (χ0n) is 15.4. The molecule has 9 nitrogen and oxygen atoms in total. The van der Waals surface area contributed by atoms with Crippen LogP contribution < -0.4 is 11.2 Å². The van der Waals surface area contributed by atoms with Crippen LogP contribution in [0.15, 0.2) is 21.9 Å². The van der Waals surface area contributed by atoms with Crippen molar-refractivity contribution in [1.29, 1.82) is 0 Å². The number of rotatable bonds is 8. The summed E-state index contributed by atoms with van der Waals surface area (Å²) in [6.45, 7) is 2.82. The molecule has 2 heterocycles. The molecule has 1 aromatic rings. The maximum absolute atomic E-state index is 15.1. The predicted molar refractivity (Wildman–Crippen MR) is 91.2 cm³/mol. The third-order valence-corrected chi connectivity index (χ3v) is 6.47. The van der Waals surface area contributed by atoms with Gasteiger partial charge >= 0.3 is 18.9 Å². The lowest BCUT2D eigenvalue weighted by molar-refractivity contribution is -0.0771. The molecule has 0 amide bonds. The Morgan fingerprint density at radius 1 is 1.36 bits per heavy atom. The Morgan fingerprint density at radius 2 is 1.93 bits per heavy atom. The molecule has 1 saturated heterocycles. The Bertz CT molecular complexity index is 818. The molecule has 0 spiro atoms. The molecule has 2 rings (SSSR count). The summed E-state index contributed by atoms with van der Waals surface area (Å²) in [7, 11) is -4.94. The molecule has 160 valence electrons. The van der Waals surface area contributed by atoms with Crippen molar-refractivity contribution in [3.63, 3.8) is 0 Å². The minimum Gasteiger partial charge on any atom is -0.387 e. The molecule has 0 bridgehead atoms. The second-order valence-electron chi connectivity index (χ2n) is 6.32. The van der Waals surface area contributed by atoms with Gasteiger partial charge in [0.25, 0.3) is 5.56 Å². The number of H-pyrrole nitrogens is 1. The van der Waals surface area contributed by atoms with Crippen molar-refractivity contribution in [3.8, 4) is 0 Å². The Morgan fingerprint density at radius 3 is 2.43 bits per heavy atom. The van der Waals surface area contributed by atoms with Gasteiger partial charge in [-0.3, -0.25) is 9.36 Å². The van der Waals surface area contributed by atoms with Crippen LogP contribution >= 0.6 is 7.60 Å². The van der Waals surface area contributed by atoms with Gasteiger partial charge in [0.2, 0.25) is 0 Å². The summed E-state index contributed by atoms with van der Waals surface area (Å²) in [5, 5.41) is 10.2. The number of nitrogens with one attached hydrogen (secondary N) is 1. The van der Waals surface area contributed by atoms with E-state index < -0.39 is 55.0 Å². The average molecular weight is 430 g/mol. The molecule has 0 radical (unpaired) electrons. The first kappa shape index (κ1) is 22.8. The third-order valence-electron chi connectivity index (χ3n) is 4.29. The van der Waals surface area contributed by atoms with Gasteiger partial charge in [-0.05, 0) is 20.8 Å². The minimum atomic E-state index is -4.94. The Labute approximate surface area is 158 Å². The highest BCUT2D eigenvalue weighted by molar-refractivity contribution is 7.55. The highest BCUT2D eigenvalue weighted by Crippen LogP contribution is 2.64. The van der Waals surface area contributed by atoms with Crippen LogP contribution in [0.2, 0.25) is 0 Å². The number of aromatic nitrogens is 2. The Balaban J connectivity index is 2.37. The quantitative estimate of drug-likeness (QED) is 0.603. The summed E-state index contributed by atoms with van der Waals surface area (Å²) < 4.78 is 71.5. The summed E-state index contributed by atoms with van der Waals surface area (Å²) in [4.78, 5) is 26.0. The predicted octanol–water partition coefficient (Wildman–Crippen LogP) is 1.77. The fraction of sp³-hybridized carbons (Fsp3) is 0.733. The summed E-state index contributed by atoms with van der Waals surface area (Å²) in [6, 6.07) is 0.910. The average Bonchev–Trinajstić information content (AvgIpc) is 2.79. The third kappa shape index (κ3) is 3.97. The van der Waals surface area contributed by atoms with E-state index in [1.165, 1.54) is 13.8 Å². The van der Waals surface area contributed by atoms with Gasteiger partial charge in [0.1, 0.15) is 6.10 Å². The number of halogens is 3. The zero-order chi connectivity index (χ0) is 21.3. The van der Waals surface area contributed by atoms with E-state index in [0.29, 0.717) is 4.57 Å². The van der Waals surface area contributed by atoms with Crippen LogP contribution in [0.1, 0.15) is 33.4 Å². The SMILES string of the molecule is CCOP(=O)(OCC)C(F)(F)C[C@H]1O[C@@H](n2c(=O)cc[nH]c2=O)[C@](C)(F)[C@@H]1O. The molecule has 1 aromatic heterocycles. The second kappa shape index (κ2) is 8.11. The van der Waals surface area contributed by atoms with E-state index in [4.69, 9.17) is 4.74 Å². The van der Waals surface area contributed by atoms with Gasteiger partial charge in [0.05, 0.1) is 25.7 Å². The van der Waals surface area contributed by atoms with E-state index >= 15 is 4.39 Å². The van der Waals surface area contributed by atoms with Gasteiger partial charge in [0.15, 0.2) is 11.9 Å². The van der Waals surface area contributed by atoms with Crippen LogP contribution in [0.4, 0.5) is 13.2 Å². The smallest absolute Gasteiger partial charge is 0.387 e. The van der Waals surface area contributed by atoms with Gasteiger partial charge in [-0.15, -0.1) is 0 Å². The van der Waals surface area contributed by atoms with E-state index in [1.807, 2.05) is 0 Å². The first-order valence-electron chi connectivity index (χ1n) is 8.51. The van der Waals surface area contributed by atoms with Crippen LogP contribution in [0.5, 0.6) is 0 Å². The van der Waals surface area contributed by atoms with Crippen molar-refractivity contribution >= 4 is 7.60 Å². The van der Waals surface area contributed by atoms with E-state index in [1.54, 1.807) is 0 Å². The maximum atomic E-state index is 15.1. The van der Waals surface area contributed by atoms with Crippen molar-refractivity contribution in [3.05, 3.63) is 33.1 Å². The molecule has 4 atom stereocenters. The molecular formula is C15H22F3N2O7P. The molecule has 2 N–H and O–H groups in total. The molecule has 1 fully saturated rings. The fourth-order valence-corrected chi connectivity index (χ4v) is 4.47. The van der Waals surface area contributed by atoms with Crippen LogP contribution in [-0.4, -0.2) is 51.4 Å². The molecule has 0 unspecified atom stereocenters. The highest BCUT2D eigenvalue weighted by Gasteiger charge is 2.62. The molecule has 28 heavy (non-hydrogen) atoms. The largest absolute Gasteiger partial charge is 0.399 e. The van der Waals surface area contributed by atoms with Crippen molar-refractivity contribution in [1.82, 2.24) is 9.55 Å². The van der Waals surface area contributed by atoms with Crippen LogP contribution in [0.25, 0.3) is 0 Å². The van der Waals surface area contributed by atoms with Gasteiger partial charge in [-0.1, -0.05) is 0 Å². The molecule has 0 aromatic carbocycles. The van der Waals surface area contributed by atoms with E-state index in [2.05, 4.69) is 14.0 Å². The van der Waals surface area contributed by atoms with Crippen molar-refractivity contribution in [2.75, 3.05) is 13.2 Å². The minimum absolute atomic E-state index is 0.334. The molecule has 0 saturated carbocycles. The number of aliphatic hydroxyl groups excluding tert-OH is 1. The first-order chi connectivity index (χ1) is 12.9. The van der Waals surface area contributed by atoms with Crippen molar-refractivity contribution in [2.45, 2.75) is 57.0 Å². The van der Waals surface area contributed by atoms with Gasteiger partial charge in [-0.2, -0.15) is 8.78 Å². The standard InChI is InChI=1S/C15H22F3N2O7P/c1-4-25-28(24,26-5-2)15(17,18)8-9-11(22)14(3,16)12(27-9)20-10(21)6-7-19-13(20)23/h6-7,9,11-12,22H,4-5,8H2,1-3H3,(H,19,23)/t9-,11-,12-,14-/m1/s1. The number of nitrogens with zero attached hydrogens (tertiary/aromatic N) is 1. The summed E-state index contributed by atoms with van der Waals surface area (Å²) >= 11 is 0. The zero-order valence-corrected chi connectivity index (χ0v) is 16.3. The number of hydrogen-bond donors (Lipinski definition) is 2. The number of aromatic amines is 1. The van der Waals surface area contributed by atoms with Crippen molar-refractivity contribution < 1.29 is 36.6 Å². The molecule has 0 aliphatic carbocycles. The van der Waals surface area contributed by atoms with E-state index in [9.17, 15) is 28.0 Å². The van der Waals surface area contributed by atoms with Gasteiger partial charge in [-0.25, -0.2) is 13.8 Å². The Hall–Kier alpha value is -1.46. The molecule has 13 heteroatoms. The fourth-order valence-electron chi connectivity index (χ4n) is 2.93. The van der Waals surface area contributed by atoms with E-state index in [0.717, 1.165) is 19.2 Å². The lowest BCUT2D eigenvalue weighted by atomic mass is 9.97. The maximum Gasteiger partial charge on any atom is 0.399 e. The second-order valence-corrected chi connectivity index (χ2v) is 8.48.